The van der Waals surface area contributed by atoms with Gasteiger partial charge in [-0.2, -0.15) is 0 Å². The van der Waals surface area contributed by atoms with Gasteiger partial charge in [0.25, 0.3) is 0 Å². The van der Waals surface area contributed by atoms with E-state index >= 15 is 0 Å². The summed E-state index contributed by atoms with van der Waals surface area (Å²) in [5.41, 5.74) is 3.20. The Morgan fingerprint density at radius 2 is 0.909 bits per heavy atom. The molecule has 130 valence electrons. The van der Waals surface area contributed by atoms with Gasteiger partial charge in [0.05, 0.1) is 0 Å². The highest BCUT2D eigenvalue weighted by molar-refractivity contribution is 5.02. The van der Waals surface area contributed by atoms with Gasteiger partial charge in [0.1, 0.15) is 0 Å². The first kappa shape index (κ1) is 21.5. The summed E-state index contributed by atoms with van der Waals surface area (Å²) in [6, 6.07) is 0. The number of allylic oxidation sites excluding steroid dienone is 4. The summed E-state index contributed by atoms with van der Waals surface area (Å²) in [7, 11) is 0. The van der Waals surface area contributed by atoms with Crippen LogP contribution in [0.3, 0.4) is 0 Å². The summed E-state index contributed by atoms with van der Waals surface area (Å²) in [6.07, 6.45) is 23.9. The molecule has 0 radical (unpaired) electrons. The fraction of sp³-hybridized carbons (Fsp3) is 0.818. The Labute approximate surface area is 141 Å². The van der Waals surface area contributed by atoms with E-state index < -0.39 is 0 Å². The lowest BCUT2D eigenvalue weighted by Gasteiger charge is -2.03. The Morgan fingerprint density at radius 3 is 1.27 bits per heavy atom. The van der Waals surface area contributed by atoms with Crippen molar-refractivity contribution < 1.29 is 0 Å². The molecule has 0 saturated carbocycles. The van der Waals surface area contributed by atoms with Crippen LogP contribution >= 0.6 is 0 Å². The number of hydrogen-bond donors (Lipinski definition) is 0. The maximum absolute atomic E-state index is 2.46. The Morgan fingerprint density at radius 1 is 0.545 bits per heavy atom. The van der Waals surface area contributed by atoms with Crippen LogP contribution in [0.25, 0.3) is 0 Å². The van der Waals surface area contributed by atoms with Gasteiger partial charge in [-0.05, 0) is 52.4 Å². The number of unbranched alkanes of at least 4 members (excludes halogenated alkanes) is 9. The summed E-state index contributed by atoms with van der Waals surface area (Å²) >= 11 is 0. The Balaban J connectivity index is 3.57. The van der Waals surface area contributed by atoms with Crippen LogP contribution in [0.5, 0.6) is 0 Å². The van der Waals surface area contributed by atoms with Crippen molar-refractivity contribution in [2.45, 2.75) is 118 Å². The first-order chi connectivity index (χ1) is 10.7. The van der Waals surface area contributed by atoms with Crippen molar-refractivity contribution in [3.05, 3.63) is 23.3 Å². The van der Waals surface area contributed by atoms with Crippen molar-refractivity contribution in [1.82, 2.24) is 0 Å². The van der Waals surface area contributed by atoms with E-state index in [2.05, 4.69) is 39.8 Å². The molecule has 22 heavy (non-hydrogen) atoms. The molecule has 0 saturated heterocycles. The van der Waals surface area contributed by atoms with Gasteiger partial charge in [0.15, 0.2) is 0 Å². The van der Waals surface area contributed by atoms with Crippen molar-refractivity contribution in [2.24, 2.45) is 0 Å². The molecule has 0 unspecified atom stereocenters. The van der Waals surface area contributed by atoms with Gasteiger partial charge in [-0.15, -0.1) is 0 Å². The van der Waals surface area contributed by atoms with Crippen LogP contribution < -0.4 is 0 Å². The average molecular weight is 307 g/mol. The first-order valence-corrected chi connectivity index (χ1v) is 10.0. The van der Waals surface area contributed by atoms with Crippen LogP contribution in [0.15, 0.2) is 23.3 Å². The van der Waals surface area contributed by atoms with Crippen LogP contribution in [-0.2, 0) is 0 Å². The normalized spacial score (nSPS) is 12.9. The highest BCUT2D eigenvalue weighted by Gasteiger charge is 1.94. The minimum Gasteiger partial charge on any atom is -0.0853 e. The zero-order chi connectivity index (χ0) is 16.5. The zero-order valence-corrected chi connectivity index (χ0v) is 16.1. The molecule has 0 spiro atoms. The fourth-order valence-electron chi connectivity index (χ4n) is 2.88. The summed E-state index contributed by atoms with van der Waals surface area (Å²) in [5.74, 6) is 0. The molecule has 0 aromatic rings. The summed E-state index contributed by atoms with van der Waals surface area (Å²) < 4.78 is 0. The average Bonchev–Trinajstić information content (AvgIpc) is 2.51. The number of hydrogen-bond acceptors (Lipinski definition) is 0. The minimum absolute atomic E-state index is 1.23. The second-order valence-corrected chi connectivity index (χ2v) is 7.01. The predicted molar refractivity (Wildman–Crippen MR) is 104 cm³/mol. The van der Waals surface area contributed by atoms with Gasteiger partial charge in [-0.1, -0.05) is 88.5 Å². The van der Waals surface area contributed by atoms with Crippen molar-refractivity contribution >= 4 is 0 Å². The second kappa shape index (κ2) is 16.8. The minimum atomic E-state index is 1.23. The lowest BCUT2D eigenvalue weighted by molar-refractivity contribution is 0.629. The molecule has 0 amide bonds. The Kier molecular flexibility index (Phi) is 16.4. The van der Waals surface area contributed by atoms with Gasteiger partial charge in [-0.25, -0.2) is 0 Å². The van der Waals surface area contributed by atoms with Crippen LogP contribution in [0, 0.1) is 0 Å². The molecule has 0 bridgehead atoms. The number of rotatable bonds is 15. The third-order valence-corrected chi connectivity index (χ3v) is 4.50. The van der Waals surface area contributed by atoms with E-state index in [9.17, 15) is 0 Å². The van der Waals surface area contributed by atoms with Crippen LogP contribution in [0.2, 0.25) is 0 Å². The maximum atomic E-state index is 2.46. The van der Waals surface area contributed by atoms with Crippen molar-refractivity contribution in [3.8, 4) is 0 Å². The molecule has 0 heterocycles. The molecule has 0 aromatic carbocycles. The molecule has 0 rings (SSSR count). The second-order valence-electron chi connectivity index (χ2n) is 7.01. The molecular formula is C22H42. The van der Waals surface area contributed by atoms with E-state index in [1.807, 2.05) is 0 Å². The quantitative estimate of drug-likeness (QED) is 0.210. The molecule has 0 aliphatic rings. The predicted octanol–water partition coefficient (Wildman–Crippen LogP) is 8.38. The smallest absolute Gasteiger partial charge is 0.0313 e. The monoisotopic (exact) mass is 306 g/mol. The highest BCUT2D eigenvalue weighted by Crippen LogP contribution is 2.14. The topological polar surface area (TPSA) is 0 Å². The molecule has 0 nitrogen and oxygen atoms in total. The van der Waals surface area contributed by atoms with E-state index in [0.717, 1.165) is 0 Å². The lowest BCUT2D eigenvalue weighted by atomic mass is 10.0. The first-order valence-electron chi connectivity index (χ1n) is 10.0. The summed E-state index contributed by atoms with van der Waals surface area (Å²) in [6.45, 7) is 9.19. The van der Waals surface area contributed by atoms with Crippen LogP contribution in [-0.4, -0.2) is 0 Å². The van der Waals surface area contributed by atoms with E-state index in [0.29, 0.717) is 0 Å². The van der Waals surface area contributed by atoms with Gasteiger partial charge >= 0.3 is 0 Å². The van der Waals surface area contributed by atoms with Gasteiger partial charge in [0.2, 0.25) is 0 Å². The SMILES string of the molecule is CCCCCCCC(C)=CCCC=C(C)CCCCCCC. The summed E-state index contributed by atoms with van der Waals surface area (Å²) in [4.78, 5) is 0. The molecule has 0 heteroatoms. The fourth-order valence-corrected chi connectivity index (χ4v) is 2.88. The molecular weight excluding hydrogens is 264 g/mol. The van der Waals surface area contributed by atoms with Crippen molar-refractivity contribution in [2.75, 3.05) is 0 Å². The zero-order valence-electron chi connectivity index (χ0n) is 16.1. The van der Waals surface area contributed by atoms with Gasteiger partial charge < -0.3 is 0 Å². The third-order valence-electron chi connectivity index (χ3n) is 4.50. The highest BCUT2D eigenvalue weighted by atomic mass is 14.0. The van der Waals surface area contributed by atoms with E-state index in [-0.39, 0.29) is 0 Å². The van der Waals surface area contributed by atoms with E-state index in [1.165, 1.54) is 89.9 Å². The summed E-state index contributed by atoms with van der Waals surface area (Å²) in [5, 5.41) is 0. The lowest BCUT2D eigenvalue weighted by Crippen LogP contribution is -1.83. The Bertz CT molecular complexity index is 252. The van der Waals surface area contributed by atoms with Crippen molar-refractivity contribution in [3.63, 3.8) is 0 Å². The molecule has 0 N–H and O–H groups in total. The molecule has 0 fully saturated rings. The van der Waals surface area contributed by atoms with Crippen LogP contribution in [0.4, 0.5) is 0 Å². The largest absolute Gasteiger partial charge is 0.0853 e. The van der Waals surface area contributed by atoms with Crippen molar-refractivity contribution in [1.29, 1.82) is 0 Å². The molecule has 0 aromatic heterocycles. The Hall–Kier alpha value is -0.520. The molecule has 0 atom stereocenters. The third kappa shape index (κ3) is 15.9. The van der Waals surface area contributed by atoms with Gasteiger partial charge in [-0.3, -0.25) is 0 Å². The molecule has 0 aliphatic heterocycles. The standard InChI is InChI=1S/C22H42/c1-5-7-9-11-13-17-21(3)19-15-16-20-22(4)18-14-12-10-8-6-2/h19-20H,5-18H2,1-4H3. The van der Waals surface area contributed by atoms with E-state index in [1.54, 1.807) is 11.1 Å². The van der Waals surface area contributed by atoms with Crippen LogP contribution in [0.1, 0.15) is 118 Å². The van der Waals surface area contributed by atoms with E-state index in [4.69, 9.17) is 0 Å². The van der Waals surface area contributed by atoms with Gasteiger partial charge in [0, 0.05) is 0 Å². The molecule has 0 aliphatic carbocycles. The maximum Gasteiger partial charge on any atom is -0.0313 e.